The van der Waals surface area contributed by atoms with Gasteiger partial charge >= 0.3 is 0 Å². The lowest BCUT2D eigenvalue weighted by molar-refractivity contribution is -0.951. The van der Waals surface area contributed by atoms with Crippen molar-refractivity contribution in [2.24, 2.45) is 88.8 Å². The fraction of sp³-hybridized carbons (Fsp3) is 0.706. The van der Waals surface area contributed by atoms with Crippen molar-refractivity contribution in [1.82, 2.24) is 15.3 Å². The fourth-order valence-corrected chi connectivity index (χ4v) is 25.4. The molecule has 18 aliphatic rings. The van der Waals surface area contributed by atoms with Gasteiger partial charge in [0, 0.05) is 47.0 Å². The number of fused-ring (bicyclic) bond motifs is 21. The molecule has 8 heterocycles. The minimum atomic E-state index is -2.84. The molecule has 18 unspecified atom stereocenters. The van der Waals surface area contributed by atoms with Gasteiger partial charge in [0.05, 0.1) is 116 Å². The van der Waals surface area contributed by atoms with Gasteiger partial charge in [-0.2, -0.15) is 0 Å². The van der Waals surface area contributed by atoms with Gasteiger partial charge in [0.1, 0.15) is 44.1 Å². The highest BCUT2D eigenvalue weighted by molar-refractivity contribution is 8.11. The van der Waals surface area contributed by atoms with Crippen LogP contribution in [-0.4, -0.2) is 191 Å². The van der Waals surface area contributed by atoms with E-state index in [0.717, 1.165) is 108 Å². The minimum absolute atomic E-state index is 0.0336. The van der Waals surface area contributed by atoms with Gasteiger partial charge in [-0.3, -0.25) is 15.3 Å². The molecule has 10 fully saturated rings. The number of aliphatic hydroxyl groups is 3. The second-order valence-electron chi connectivity index (χ2n) is 30.8. The van der Waals surface area contributed by atoms with E-state index in [4.69, 9.17) is 59.2 Å². The summed E-state index contributed by atoms with van der Waals surface area (Å²) in [4.78, 5) is 0. The molecule has 8 aliphatic heterocycles. The molecule has 0 aromatic heterocycles. The van der Waals surface area contributed by atoms with Crippen LogP contribution in [0, 0.1) is 88.8 Å². The Hall–Kier alpha value is -3.99. The normalized spacial score (nSPS) is 49.0. The van der Waals surface area contributed by atoms with Crippen LogP contribution in [0.4, 0.5) is 0 Å². The number of hydrogen-bond donors (Lipinski definition) is 6. The lowest BCUT2D eigenvalue weighted by Crippen LogP contribution is -2.72. The summed E-state index contributed by atoms with van der Waals surface area (Å²) in [7, 11) is 7.30. The topological polar surface area (TPSA) is 189 Å². The first-order chi connectivity index (χ1) is 43.2. The third kappa shape index (κ3) is 9.19. The number of allylic oxidation sites excluding steroid dienone is 7. The molecule has 27 atom stereocenters. The van der Waals surface area contributed by atoms with Crippen molar-refractivity contribution in [2.75, 3.05) is 114 Å². The minimum Gasteiger partial charge on any atom is -0.457 e. The number of rotatable bonds is 12. The summed E-state index contributed by atoms with van der Waals surface area (Å²) in [6.45, 7) is 5.03. The molecule has 21 heteroatoms. The standard InChI is InChI=1S/C68H92N6O13PS/c1-72(28-47-41(7-10-53-66(47)85-33-78-53)60-50(75)21-38-19-36-5-4-6-37(36)20-44(38)63(60)72)16-13-69-88(89,70-14-17-73(2)29-48-42(8-11-54-67(48)86-34-79-54)61-51(76)22-39-24-56-58(83-31-81-56)26-45(39)64(61)73)71-15-18-74(3)30-49-43(9-12-55-68(49)87-35-80-55)62-52(77)23-40-25-57-59(84-32-82-57)27-46(40)65(62)74/h7-12,24-27,36-42,44-48,50-52,55,60-65,68,75-77H,4-6,13-23,28-35H2,1-3H3,(H3,69,70,71,89)/q+3/t36?,37?,38?,39?,40?,41?,42?,44?,45?,46?,47?,48?,50-,51-,52-,55?,60-,61-,62-,63+,64+,65+,68?,72?,73?,74?,88?/m0/s1. The monoisotopic (exact) mass is 1260 g/mol. The largest absolute Gasteiger partial charge is 0.457 e. The van der Waals surface area contributed by atoms with E-state index in [1.54, 1.807) is 0 Å². The number of quaternary nitrogens is 3. The molecule has 0 radical (unpaired) electrons. The van der Waals surface area contributed by atoms with E-state index >= 15 is 0 Å². The molecule has 0 amide bonds. The lowest BCUT2D eigenvalue weighted by atomic mass is 9.53. The van der Waals surface area contributed by atoms with Crippen molar-refractivity contribution in [1.29, 1.82) is 0 Å². The lowest BCUT2D eigenvalue weighted by Gasteiger charge is -2.62. The zero-order valence-corrected chi connectivity index (χ0v) is 53.4. The third-order valence-corrected chi connectivity index (χ3v) is 29.7. The van der Waals surface area contributed by atoms with Crippen LogP contribution in [0.15, 0.2) is 118 Å². The number of aliphatic hydroxyl groups excluding tert-OH is 3. The van der Waals surface area contributed by atoms with Gasteiger partial charge in [0.25, 0.3) is 0 Å². The Kier molecular flexibility index (Phi) is 13.9. The van der Waals surface area contributed by atoms with Crippen molar-refractivity contribution in [3.8, 4) is 0 Å². The number of hydrogen-bond acceptors (Lipinski definition) is 14. The molecular weight excluding hydrogens is 1170 g/mol. The van der Waals surface area contributed by atoms with E-state index in [1.165, 1.54) is 43.3 Å². The molecule has 10 aliphatic carbocycles. The van der Waals surface area contributed by atoms with Crippen molar-refractivity contribution >= 4 is 18.3 Å². The SMILES string of the molecule is C[N+]1(CCNP(=S)(NCC[N+]2(C)CC3C4=C(C=CC3[C@@H]3[C@H]2C2C=C5OCOC5=CC2C[C@@H]3O)OCO4)NCC[N+]2(C)CC3C4=C(C=CC3[C@@H]3[C@H]2C2CC5CCCC5CC2C[C@@H]3O)OCO4)CC2=C(C=CC3OCOC23)[C@@H]2[C@H]1C1C=C3OCOC3=CC1C[C@@H]2O. The van der Waals surface area contributed by atoms with E-state index in [2.05, 4.69) is 97.2 Å². The molecule has 0 spiro atoms. The van der Waals surface area contributed by atoms with Gasteiger partial charge in [-0.15, -0.1) is 0 Å². The van der Waals surface area contributed by atoms with Crippen LogP contribution in [0.1, 0.15) is 51.4 Å². The Morgan fingerprint density at radius 2 is 1.07 bits per heavy atom. The van der Waals surface area contributed by atoms with Crippen molar-refractivity contribution < 1.29 is 76.1 Å². The Morgan fingerprint density at radius 3 is 1.71 bits per heavy atom. The molecule has 480 valence electrons. The summed E-state index contributed by atoms with van der Waals surface area (Å²) in [5.74, 6) is 10.3. The summed E-state index contributed by atoms with van der Waals surface area (Å²) in [5.41, 5.74) is 2.44. The summed E-state index contributed by atoms with van der Waals surface area (Å²) >= 11 is 7.19. The summed E-state index contributed by atoms with van der Waals surface area (Å²) in [5, 5.41) is 50.1. The molecule has 89 heavy (non-hydrogen) atoms. The molecule has 0 bridgehead atoms. The number of likely N-dealkylation sites (N-methyl/N-ethyl adjacent to an activating group) is 3. The van der Waals surface area contributed by atoms with E-state index in [-0.39, 0.29) is 129 Å². The van der Waals surface area contributed by atoms with Crippen LogP contribution < -0.4 is 15.3 Å². The molecule has 19 nitrogen and oxygen atoms in total. The van der Waals surface area contributed by atoms with E-state index in [1.807, 2.05) is 0 Å². The Bertz CT molecular complexity index is 3310. The van der Waals surface area contributed by atoms with E-state index in [9.17, 15) is 15.3 Å². The molecule has 18 rings (SSSR count). The highest BCUT2D eigenvalue weighted by Gasteiger charge is 2.66. The van der Waals surface area contributed by atoms with Crippen molar-refractivity contribution in [2.45, 2.75) is 100 Å². The first-order valence-corrected chi connectivity index (χ1v) is 36.8. The van der Waals surface area contributed by atoms with Gasteiger partial charge in [-0.25, -0.2) is 0 Å². The van der Waals surface area contributed by atoms with Crippen LogP contribution >= 0.6 is 6.49 Å². The Labute approximate surface area is 528 Å². The number of nitrogens with zero attached hydrogens (tertiary/aromatic N) is 3. The molecule has 5 saturated heterocycles. The maximum atomic E-state index is 12.6. The maximum absolute atomic E-state index is 12.6. The van der Waals surface area contributed by atoms with Gasteiger partial charge in [-0.05, 0) is 116 Å². The molecule has 6 N–H and O–H groups in total. The first-order valence-electron chi connectivity index (χ1n) is 34.0. The van der Waals surface area contributed by atoms with Crippen molar-refractivity contribution in [3.05, 3.63) is 118 Å². The zero-order chi connectivity index (χ0) is 59.9. The summed E-state index contributed by atoms with van der Waals surface area (Å²) in [6, 6.07) is 0.401. The van der Waals surface area contributed by atoms with Crippen molar-refractivity contribution in [3.63, 3.8) is 0 Å². The molecule has 5 saturated carbocycles. The Morgan fingerprint density at radius 1 is 0.528 bits per heavy atom. The maximum Gasteiger partial charge on any atom is 0.231 e. The van der Waals surface area contributed by atoms with Crippen LogP contribution in [-0.2, 0) is 59.2 Å². The Balaban J connectivity index is 0.671. The van der Waals surface area contributed by atoms with E-state index in [0.29, 0.717) is 59.3 Å². The number of piperidine rings is 2. The average Bonchev–Trinajstić information content (AvgIpc) is 1.38. The predicted octanol–water partition coefficient (Wildman–Crippen LogP) is 5.73. The smallest absolute Gasteiger partial charge is 0.231 e. The zero-order valence-electron chi connectivity index (χ0n) is 51.7. The first kappa shape index (κ1) is 57.7. The number of likely N-dealkylation sites (tertiary alicyclic amines) is 2. The predicted molar refractivity (Wildman–Crippen MR) is 328 cm³/mol. The average molecular weight is 1260 g/mol. The second kappa shape index (κ2) is 21.5. The number of ether oxygens (including phenoxy) is 10. The fourth-order valence-electron chi connectivity index (χ4n) is 23.0. The van der Waals surface area contributed by atoms with Crippen LogP contribution in [0.5, 0.6) is 0 Å². The third-order valence-electron chi connectivity index (χ3n) is 26.5. The van der Waals surface area contributed by atoms with Crippen LogP contribution in [0.2, 0.25) is 0 Å². The number of nitrogens with one attached hydrogen (secondary N) is 3. The van der Waals surface area contributed by atoms with Crippen LogP contribution in [0.25, 0.3) is 0 Å². The quantitative estimate of drug-likeness (QED) is 0.103. The highest BCUT2D eigenvalue weighted by atomic mass is 32.4. The van der Waals surface area contributed by atoms with Gasteiger partial charge < -0.3 is 76.1 Å². The van der Waals surface area contributed by atoms with E-state index < -0.39 is 18.7 Å². The highest BCUT2D eigenvalue weighted by Crippen LogP contribution is 2.61. The molecule has 0 aromatic rings. The van der Waals surface area contributed by atoms with Crippen LogP contribution in [0.3, 0.4) is 0 Å². The summed E-state index contributed by atoms with van der Waals surface area (Å²) < 4.78 is 63.8. The van der Waals surface area contributed by atoms with Gasteiger partial charge in [0.2, 0.25) is 27.2 Å². The molecule has 0 aromatic carbocycles. The molecular formula is C68H92N6O13PS+3. The second-order valence-corrected chi connectivity index (χ2v) is 34.6. The van der Waals surface area contributed by atoms with Gasteiger partial charge in [-0.1, -0.05) is 43.6 Å². The summed E-state index contributed by atoms with van der Waals surface area (Å²) in [6.07, 6.45) is 29.3. The van der Waals surface area contributed by atoms with Gasteiger partial charge in [0.15, 0.2) is 46.1 Å².